The Balaban J connectivity index is 1.34. The van der Waals surface area contributed by atoms with E-state index in [1.54, 1.807) is 6.07 Å². The fraction of sp³-hybridized carbons (Fsp3) is 0.577. The molecule has 194 valence electrons. The minimum atomic E-state index is -3.84. The van der Waals surface area contributed by atoms with Crippen LogP contribution in [0.4, 0.5) is 0 Å². The molecule has 1 amide bonds. The number of carboxylic acids is 1. The molecule has 2 fully saturated rings. The minimum Gasteiger partial charge on any atom is -0.478 e. The average molecular weight is 516 g/mol. The maximum atomic E-state index is 13.5. The minimum absolute atomic E-state index is 0.0515. The zero-order valence-corrected chi connectivity index (χ0v) is 21.3. The van der Waals surface area contributed by atoms with Crippen molar-refractivity contribution in [2.45, 2.75) is 62.9 Å². The molecule has 3 aliphatic rings. The number of piperidine rings is 1. The highest BCUT2D eigenvalue weighted by Gasteiger charge is 2.33. The van der Waals surface area contributed by atoms with Crippen molar-refractivity contribution < 1.29 is 27.9 Å². The number of sulfonamides is 1. The molecule has 0 spiro atoms. The number of fused-ring (bicyclic) bond motifs is 2. The number of amides is 1. The number of nitrogens with one attached hydrogen (secondary N) is 1. The van der Waals surface area contributed by atoms with E-state index in [4.69, 9.17) is 4.74 Å². The first-order chi connectivity index (χ1) is 17.2. The number of aromatic carboxylic acids is 1. The van der Waals surface area contributed by atoms with Crippen molar-refractivity contribution in [3.05, 3.63) is 35.0 Å². The first-order valence-electron chi connectivity index (χ1n) is 12.8. The van der Waals surface area contributed by atoms with Crippen LogP contribution < -0.4 is 5.32 Å². The van der Waals surface area contributed by atoms with Gasteiger partial charge >= 0.3 is 5.97 Å². The number of ether oxygens (including phenoxy) is 1. The van der Waals surface area contributed by atoms with Gasteiger partial charge in [0.15, 0.2) is 0 Å². The van der Waals surface area contributed by atoms with Crippen LogP contribution in [-0.4, -0.2) is 67.0 Å². The third-order valence-corrected chi connectivity index (χ3v) is 9.67. The normalized spacial score (nSPS) is 23.5. The molecule has 1 aliphatic carbocycles. The van der Waals surface area contributed by atoms with Gasteiger partial charge < -0.3 is 15.2 Å². The lowest BCUT2D eigenvalue weighted by Crippen LogP contribution is -2.44. The van der Waals surface area contributed by atoms with E-state index >= 15 is 0 Å². The molecule has 2 aromatic rings. The van der Waals surface area contributed by atoms with Crippen LogP contribution in [-0.2, 0) is 32.4 Å². The van der Waals surface area contributed by atoms with Crippen LogP contribution in [0.25, 0.3) is 10.9 Å². The molecule has 1 aromatic heterocycles. The number of rotatable bonds is 6. The molecule has 0 radical (unpaired) electrons. The summed E-state index contributed by atoms with van der Waals surface area (Å²) in [4.78, 5) is 29.6. The van der Waals surface area contributed by atoms with E-state index in [2.05, 4.69) is 17.2 Å². The average Bonchev–Trinajstić information content (AvgIpc) is 3.39. The Morgan fingerprint density at radius 3 is 2.67 bits per heavy atom. The van der Waals surface area contributed by atoms with Crippen LogP contribution in [0, 0.1) is 11.8 Å². The number of carbonyl (C=O) groups is 2. The number of carbonyl (C=O) groups excluding carboxylic acids is 1. The lowest BCUT2D eigenvalue weighted by molar-refractivity contribution is -0.126. The summed E-state index contributed by atoms with van der Waals surface area (Å²) in [6.45, 7) is 3.80. The molecule has 0 saturated carbocycles. The number of hydrogen-bond acceptors (Lipinski definition) is 6. The van der Waals surface area contributed by atoms with Gasteiger partial charge in [-0.2, -0.15) is 4.31 Å². The SMILES string of the molecule is C[C@H]1CCc2nc3ccc(S(=O)(=O)N4CCC(C(=O)NC[C@@H]5CCCO5)CC4)cc3c(C(=O)O)c2C1. The third-order valence-electron chi connectivity index (χ3n) is 7.77. The van der Waals surface area contributed by atoms with E-state index in [0.717, 1.165) is 43.5 Å². The van der Waals surface area contributed by atoms with Crippen LogP contribution in [0.3, 0.4) is 0 Å². The Labute approximate surface area is 211 Å². The molecule has 5 rings (SSSR count). The highest BCUT2D eigenvalue weighted by molar-refractivity contribution is 7.89. The molecule has 2 N–H and O–H groups in total. The van der Waals surface area contributed by atoms with Crippen LogP contribution in [0.1, 0.15) is 60.6 Å². The predicted molar refractivity (Wildman–Crippen MR) is 133 cm³/mol. The number of carboxylic acid groups (broad SMARTS) is 1. The standard InChI is InChI=1S/C26H33N3O6S/c1-16-4-6-22-20(13-16)24(26(31)32)21-14-19(5-7-23(21)28-22)36(33,34)29-10-8-17(9-11-29)25(30)27-15-18-3-2-12-35-18/h5,7,14,16-18H,2-4,6,8-13,15H2,1H3,(H,27,30)(H,31,32)/t16-,18-/m0/s1. The number of hydrogen-bond donors (Lipinski definition) is 2. The van der Waals surface area contributed by atoms with Crippen molar-refractivity contribution in [3.63, 3.8) is 0 Å². The lowest BCUT2D eigenvalue weighted by atomic mass is 9.84. The van der Waals surface area contributed by atoms with Crippen molar-refractivity contribution >= 4 is 32.8 Å². The second-order valence-electron chi connectivity index (χ2n) is 10.3. The highest BCUT2D eigenvalue weighted by atomic mass is 32.2. The van der Waals surface area contributed by atoms with E-state index < -0.39 is 16.0 Å². The van der Waals surface area contributed by atoms with Crippen LogP contribution in [0.15, 0.2) is 23.1 Å². The molecule has 0 unspecified atom stereocenters. The number of benzene rings is 1. The molecule has 3 heterocycles. The van der Waals surface area contributed by atoms with Gasteiger partial charge in [-0.25, -0.2) is 13.2 Å². The van der Waals surface area contributed by atoms with Crippen molar-refractivity contribution in [3.8, 4) is 0 Å². The Bertz CT molecular complexity index is 1280. The van der Waals surface area contributed by atoms with E-state index in [-0.39, 0.29) is 41.5 Å². The van der Waals surface area contributed by atoms with Crippen LogP contribution in [0.2, 0.25) is 0 Å². The first-order valence-corrected chi connectivity index (χ1v) is 14.3. The lowest BCUT2D eigenvalue weighted by Gasteiger charge is -2.31. The maximum absolute atomic E-state index is 13.5. The molecule has 1 aromatic carbocycles. The van der Waals surface area contributed by atoms with E-state index in [9.17, 15) is 23.1 Å². The van der Waals surface area contributed by atoms with E-state index in [0.29, 0.717) is 42.6 Å². The summed E-state index contributed by atoms with van der Waals surface area (Å²) in [7, 11) is -3.84. The van der Waals surface area contributed by atoms with Gasteiger partial charge in [0.1, 0.15) is 0 Å². The third kappa shape index (κ3) is 4.86. The summed E-state index contributed by atoms with van der Waals surface area (Å²) in [6.07, 6.45) is 5.22. The van der Waals surface area contributed by atoms with Gasteiger partial charge in [-0.1, -0.05) is 6.92 Å². The second-order valence-corrected chi connectivity index (χ2v) is 12.2. The maximum Gasteiger partial charge on any atom is 0.336 e. The van der Waals surface area contributed by atoms with Crippen LogP contribution >= 0.6 is 0 Å². The van der Waals surface area contributed by atoms with Gasteiger partial charge in [0.2, 0.25) is 15.9 Å². The van der Waals surface area contributed by atoms with E-state index in [1.165, 1.54) is 16.4 Å². The fourth-order valence-corrected chi connectivity index (χ4v) is 7.17. The molecule has 2 atom stereocenters. The zero-order valence-electron chi connectivity index (χ0n) is 20.5. The van der Waals surface area contributed by atoms with Crippen molar-refractivity contribution in [2.24, 2.45) is 11.8 Å². The monoisotopic (exact) mass is 515 g/mol. The Kier molecular flexibility index (Phi) is 7.02. The Hall–Kier alpha value is -2.56. The number of aromatic nitrogens is 1. The molecule has 2 saturated heterocycles. The zero-order chi connectivity index (χ0) is 25.4. The quantitative estimate of drug-likeness (QED) is 0.606. The van der Waals surface area contributed by atoms with E-state index in [1.807, 2.05) is 0 Å². The van der Waals surface area contributed by atoms with Gasteiger partial charge in [-0.05, 0) is 74.6 Å². The largest absolute Gasteiger partial charge is 0.478 e. The molecular weight excluding hydrogens is 482 g/mol. The number of pyridine rings is 1. The van der Waals surface area contributed by atoms with Crippen molar-refractivity contribution in [1.82, 2.24) is 14.6 Å². The molecule has 9 nitrogen and oxygen atoms in total. The summed E-state index contributed by atoms with van der Waals surface area (Å²) >= 11 is 0. The smallest absolute Gasteiger partial charge is 0.336 e. The first kappa shape index (κ1) is 25.1. The Morgan fingerprint density at radius 2 is 1.97 bits per heavy atom. The van der Waals surface area contributed by atoms with Gasteiger partial charge in [-0.15, -0.1) is 0 Å². The van der Waals surface area contributed by atoms with Crippen LogP contribution in [0.5, 0.6) is 0 Å². The summed E-state index contributed by atoms with van der Waals surface area (Å²) in [5.74, 6) is -0.988. The topological polar surface area (TPSA) is 126 Å². The molecule has 2 aliphatic heterocycles. The summed E-state index contributed by atoms with van der Waals surface area (Å²) in [5, 5.41) is 13.3. The molecule has 36 heavy (non-hydrogen) atoms. The second kappa shape index (κ2) is 10.1. The Morgan fingerprint density at radius 1 is 1.19 bits per heavy atom. The van der Waals surface area contributed by atoms with Crippen molar-refractivity contribution in [1.29, 1.82) is 0 Å². The van der Waals surface area contributed by atoms with Gasteiger partial charge in [0.25, 0.3) is 0 Å². The molecular formula is C26H33N3O6S. The van der Waals surface area contributed by atoms with Gasteiger partial charge in [0.05, 0.1) is 22.1 Å². The molecule has 0 bridgehead atoms. The number of nitrogens with zero attached hydrogens (tertiary/aromatic N) is 2. The predicted octanol–water partition coefficient (Wildman–Crippen LogP) is 2.75. The highest BCUT2D eigenvalue weighted by Crippen LogP contribution is 2.33. The molecule has 10 heteroatoms. The van der Waals surface area contributed by atoms with Crippen molar-refractivity contribution in [2.75, 3.05) is 26.2 Å². The fourth-order valence-electron chi connectivity index (χ4n) is 5.67. The summed E-state index contributed by atoms with van der Waals surface area (Å²) < 4.78 is 33.9. The number of aryl methyl sites for hydroxylation is 1. The van der Waals surface area contributed by atoms with Gasteiger partial charge in [0, 0.05) is 43.2 Å². The summed E-state index contributed by atoms with van der Waals surface area (Å²) in [5.41, 5.74) is 2.19. The summed E-state index contributed by atoms with van der Waals surface area (Å²) in [6, 6.07) is 4.58. The van der Waals surface area contributed by atoms with Gasteiger partial charge in [-0.3, -0.25) is 9.78 Å².